The number of carbonyl (C=O) groups excluding carboxylic acids is 1. The molecule has 0 aromatic heterocycles. The fourth-order valence-electron chi connectivity index (χ4n) is 2.04. The molecule has 0 radical (unpaired) electrons. The van der Waals surface area contributed by atoms with E-state index < -0.39 is 5.54 Å². The molecule has 16 heavy (non-hydrogen) atoms. The number of carbonyl (C=O) groups is 1. The molecule has 0 aliphatic carbocycles. The molecule has 1 heterocycles. The van der Waals surface area contributed by atoms with Crippen LogP contribution >= 0.6 is 11.8 Å². The molecule has 4 heteroatoms. The van der Waals surface area contributed by atoms with Gasteiger partial charge in [-0.25, -0.2) is 0 Å². The van der Waals surface area contributed by atoms with Crippen LogP contribution in [0.5, 0.6) is 0 Å². The van der Waals surface area contributed by atoms with Crippen molar-refractivity contribution in [2.24, 2.45) is 5.41 Å². The van der Waals surface area contributed by atoms with Gasteiger partial charge in [-0.3, -0.25) is 10.1 Å². The normalized spacial score (nSPS) is 28.1. The Morgan fingerprint density at radius 3 is 2.81 bits per heavy atom. The molecule has 1 unspecified atom stereocenters. The van der Waals surface area contributed by atoms with Gasteiger partial charge >= 0.3 is 5.97 Å². The Morgan fingerprint density at radius 1 is 1.62 bits per heavy atom. The highest BCUT2D eigenvalue weighted by Gasteiger charge is 2.53. The van der Waals surface area contributed by atoms with Gasteiger partial charge in [0, 0.05) is 5.75 Å². The summed E-state index contributed by atoms with van der Waals surface area (Å²) in [4.78, 5) is 12.0. The zero-order chi connectivity index (χ0) is 12.2. The van der Waals surface area contributed by atoms with Gasteiger partial charge in [-0.2, -0.15) is 11.8 Å². The number of rotatable bonds is 3. The Balaban J connectivity index is 3.01. The first kappa shape index (κ1) is 13.4. The number of nitrogens with one attached hydrogen (secondary N) is 1. The van der Waals surface area contributed by atoms with Gasteiger partial charge in [-0.05, 0) is 17.6 Å². The van der Waals surface area contributed by atoms with Gasteiger partial charge in [-0.15, -0.1) is 6.42 Å². The van der Waals surface area contributed by atoms with E-state index in [1.165, 1.54) is 7.11 Å². The summed E-state index contributed by atoms with van der Waals surface area (Å²) in [7, 11) is 1.43. The predicted octanol–water partition coefficient (Wildman–Crippen LogP) is 1.28. The molecule has 1 fully saturated rings. The van der Waals surface area contributed by atoms with E-state index >= 15 is 0 Å². The Hall–Kier alpha value is -0.660. The highest BCUT2D eigenvalue weighted by atomic mass is 32.2. The maximum atomic E-state index is 12.0. The Labute approximate surface area is 102 Å². The Bertz CT molecular complexity index is 309. The average molecular weight is 241 g/mol. The standard InChI is InChI=1S/C12H19NO2S/c1-5-7-13-12(10(14)15-4)9-16-8-6-11(12,2)3/h1,13H,6-9H2,2-4H3. The first-order chi connectivity index (χ1) is 7.50. The van der Waals surface area contributed by atoms with Crippen molar-refractivity contribution in [2.45, 2.75) is 25.8 Å². The van der Waals surface area contributed by atoms with Crippen LogP contribution in [0.25, 0.3) is 0 Å². The molecule has 1 aliphatic heterocycles. The van der Waals surface area contributed by atoms with Crippen molar-refractivity contribution in [3.63, 3.8) is 0 Å². The Kier molecular flexibility index (Phi) is 4.28. The molecule has 0 bridgehead atoms. The highest BCUT2D eigenvalue weighted by molar-refractivity contribution is 7.99. The largest absolute Gasteiger partial charge is 0.468 e. The van der Waals surface area contributed by atoms with Crippen molar-refractivity contribution in [3.05, 3.63) is 0 Å². The number of hydrogen-bond acceptors (Lipinski definition) is 4. The molecule has 1 aliphatic rings. The van der Waals surface area contributed by atoms with Crippen LogP contribution in [0, 0.1) is 17.8 Å². The second-order valence-corrected chi connectivity index (χ2v) is 5.75. The maximum Gasteiger partial charge on any atom is 0.327 e. The smallest absolute Gasteiger partial charge is 0.327 e. The summed E-state index contributed by atoms with van der Waals surface area (Å²) in [6.45, 7) is 4.57. The highest BCUT2D eigenvalue weighted by Crippen LogP contribution is 2.42. The first-order valence-corrected chi connectivity index (χ1v) is 6.50. The van der Waals surface area contributed by atoms with Gasteiger partial charge in [-0.1, -0.05) is 19.8 Å². The van der Waals surface area contributed by atoms with Gasteiger partial charge in [0.05, 0.1) is 13.7 Å². The summed E-state index contributed by atoms with van der Waals surface area (Å²) in [6.07, 6.45) is 6.24. The molecule has 0 aromatic rings. The number of thioether (sulfide) groups is 1. The van der Waals surface area contributed by atoms with E-state index in [-0.39, 0.29) is 11.4 Å². The summed E-state index contributed by atoms with van der Waals surface area (Å²) in [6, 6.07) is 0. The van der Waals surface area contributed by atoms with Crippen molar-refractivity contribution in [2.75, 3.05) is 25.2 Å². The van der Waals surface area contributed by atoms with E-state index in [1.807, 2.05) is 0 Å². The number of methoxy groups -OCH3 is 1. The van der Waals surface area contributed by atoms with Crippen LogP contribution in [-0.2, 0) is 9.53 Å². The molecule has 1 N–H and O–H groups in total. The van der Waals surface area contributed by atoms with E-state index in [2.05, 4.69) is 25.1 Å². The van der Waals surface area contributed by atoms with Crippen molar-refractivity contribution < 1.29 is 9.53 Å². The van der Waals surface area contributed by atoms with E-state index in [0.717, 1.165) is 12.2 Å². The summed E-state index contributed by atoms with van der Waals surface area (Å²) >= 11 is 1.77. The third kappa shape index (κ3) is 2.21. The fraction of sp³-hybridized carbons (Fsp3) is 0.750. The topological polar surface area (TPSA) is 38.3 Å². The van der Waals surface area contributed by atoms with Crippen LogP contribution < -0.4 is 5.32 Å². The number of esters is 1. The number of ether oxygens (including phenoxy) is 1. The SMILES string of the molecule is C#CCNC1(C(=O)OC)CSCCC1(C)C. The summed E-state index contributed by atoms with van der Waals surface area (Å²) in [5, 5.41) is 3.19. The van der Waals surface area contributed by atoms with Crippen LogP contribution in [0.3, 0.4) is 0 Å². The van der Waals surface area contributed by atoms with Crippen molar-refractivity contribution in [1.29, 1.82) is 0 Å². The minimum atomic E-state index is -0.656. The van der Waals surface area contributed by atoms with Gasteiger partial charge in [0.15, 0.2) is 0 Å². The van der Waals surface area contributed by atoms with Crippen LogP contribution in [0.4, 0.5) is 0 Å². The maximum absolute atomic E-state index is 12.0. The van der Waals surface area contributed by atoms with Crippen LogP contribution in [0.2, 0.25) is 0 Å². The first-order valence-electron chi connectivity index (χ1n) is 5.35. The van der Waals surface area contributed by atoms with E-state index in [0.29, 0.717) is 12.3 Å². The lowest BCUT2D eigenvalue weighted by Crippen LogP contribution is -2.65. The molecule has 1 atom stereocenters. The minimum absolute atomic E-state index is 0.137. The molecular formula is C12H19NO2S. The fourth-order valence-corrected chi connectivity index (χ4v) is 3.75. The van der Waals surface area contributed by atoms with Crippen molar-refractivity contribution in [3.8, 4) is 12.3 Å². The predicted molar refractivity (Wildman–Crippen MR) is 67.3 cm³/mol. The average Bonchev–Trinajstić information content (AvgIpc) is 2.26. The van der Waals surface area contributed by atoms with E-state index in [4.69, 9.17) is 11.2 Å². The van der Waals surface area contributed by atoms with Gasteiger partial charge in [0.2, 0.25) is 0 Å². The monoisotopic (exact) mass is 241 g/mol. The number of hydrogen-bond donors (Lipinski definition) is 1. The van der Waals surface area contributed by atoms with Gasteiger partial charge in [0.1, 0.15) is 5.54 Å². The van der Waals surface area contributed by atoms with Crippen molar-refractivity contribution >= 4 is 17.7 Å². The second-order valence-electron chi connectivity index (χ2n) is 4.64. The molecule has 1 saturated heterocycles. The molecule has 3 nitrogen and oxygen atoms in total. The zero-order valence-electron chi connectivity index (χ0n) is 10.1. The summed E-state index contributed by atoms with van der Waals surface area (Å²) < 4.78 is 4.94. The minimum Gasteiger partial charge on any atom is -0.468 e. The Morgan fingerprint density at radius 2 is 2.31 bits per heavy atom. The zero-order valence-corrected chi connectivity index (χ0v) is 10.9. The molecule has 1 rings (SSSR count). The van der Waals surface area contributed by atoms with Crippen LogP contribution in [-0.4, -0.2) is 36.7 Å². The lowest BCUT2D eigenvalue weighted by molar-refractivity contribution is -0.153. The third-order valence-corrected chi connectivity index (χ3v) is 4.50. The third-order valence-electron chi connectivity index (χ3n) is 3.37. The molecule has 0 amide bonds. The lowest BCUT2D eigenvalue weighted by Gasteiger charge is -2.47. The molecule has 0 spiro atoms. The van der Waals surface area contributed by atoms with E-state index in [9.17, 15) is 4.79 Å². The number of terminal acetylenes is 1. The van der Waals surface area contributed by atoms with E-state index in [1.54, 1.807) is 11.8 Å². The molecule has 90 valence electrons. The molecule has 0 aromatic carbocycles. The van der Waals surface area contributed by atoms with Crippen LogP contribution in [0.1, 0.15) is 20.3 Å². The second kappa shape index (κ2) is 5.11. The van der Waals surface area contributed by atoms with Gasteiger partial charge in [0.25, 0.3) is 0 Å². The van der Waals surface area contributed by atoms with Crippen molar-refractivity contribution in [1.82, 2.24) is 5.32 Å². The molecular weight excluding hydrogens is 222 g/mol. The quantitative estimate of drug-likeness (QED) is 0.597. The van der Waals surface area contributed by atoms with Gasteiger partial charge < -0.3 is 4.74 Å². The molecule has 0 saturated carbocycles. The van der Waals surface area contributed by atoms with Crippen LogP contribution in [0.15, 0.2) is 0 Å². The summed E-state index contributed by atoms with van der Waals surface area (Å²) in [5.41, 5.74) is -0.792. The lowest BCUT2D eigenvalue weighted by atomic mass is 9.70. The summed E-state index contributed by atoms with van der Waals surface area (Å²) in [5.74, 6) is 4.11.